The molecule has 0 aromatic heterocycles. The standard InChI is InChI=1S/C24H25N3O4/c1-31-22-12-16(8-9-20(22)28)15-25-27-23(30)21(29)13-19-18-7-3-2-6-17(18)14-24(26-19)10-4-5-11-24/h2-3,6-9,12,15,28H,4-5,10-11,13-14H2,1H3,(H,27,30)/b25-15+. The number of amides is 1. The summed E-state index contributed by atoms with van der Waals surface area (Å²) < 4.78 is 5.04. The van der Waals surface area contributed by atoms with E-state index in [2.05, 4.69) is 16.6 Å². The van der Waals surface area contributed by atoms with Crippen molar-refractivity contribution >= 4 is 23.6 Å². The van der Waals surface area contributed by atoms with E-state index in [0.29, 0.717) is 17.0 Å². The van der Waals surface area contributed by atoms with Crippen LogP contribution >= 0.6 is 0 Å². The first-order valence-electron chi connectivity index (χ1n) is 10.4. The van der Waals surface area contributed by atoms with Gasteiger partial charge in [-0.2, -0.15) is 5.10 Å². The van der Waals surface area contributed by atoms with Crippen LogP contribution in [-0.4, -0.2) is 41.4 Å². The van der Waals surface area contributed by atoms with E-state index >= 15 is 0 Å². The number of nitrogens with one attached hydrogen (secondary N) is 1. The van der Waals surface area contributed by atoms with E-state index in [1.807, 2.05) is 18.2 Å². The van der Waals surface area contributed by atoms with Crippen LogP contribution in [0.4, 0.5) is 0 Å². The lowest BCUT2D eigenvalue weighted by atomic mass is 9.82. The lowest BCUT2D eigenvalue weighted by Crippen LogP contribution is -2.35. The quantitative estimate of drug-likeness (QED) is 0.427. The molecule has 1 amide bonds. The number of phenolic OH excluding ortho intramolecular Hbond substituents is 1. The SMILES string of the molecule is COc1cc(/C=N/NC(=O)C(=O)CC2=NC3(CCCC3)Cc3ccccc32)ccc1O. The number of phenols is 1. The van der Waals surface area contributed by atoms with Gasteiger partial charge in [-0.1, -0.05) is 37.1 Å². The fraction of sp³-hybridized carbons (Fsp3) is 0.333. The fourth-order valence-electron chi connectivity index (χ4n) is 4.39. The van der Waals surface area contributed by atoms with Crippen LogP contribution in [0.1, 0.15) is 48.8 Å². The molecular formula is C24H25N3O4. The van der Waals surface area contributed by atoms with Crippen LogP contribution < -0.4 is 10.2 Å². The second-order valence-electron chi connectivity index (χ2n) is 8.05. The van der Waals surface area contributed by atoms with Crippen LogP contribution in [0.3, 0.4) is 0 Å². The predicted octanol–water partition coefficient (Wildman–Crippen LogP) is 3.17. The Morgan fingerprint density at radius 2 is 2.00 bits per heavy atom. The first-order valence-corrected chi connectivity index (χ1v) is 10.4. The summed E-state index contributed by atoms with van der Waals surface area (Å²) in [6.07, 6.45) is 6.56. The van der Waals surface area contributed by atoms with Crippen molar-refractivity contribution in [3.63, 3.8) is 0 Å². The first-order chi connectivity index (χ1) is 15.0. The zero-order chi connectivity index (χ0) is 21.8. The number of methoxy groups -OCH3 is 1. The van der Waals surface area contributed by atoms with Gasteiger partial charge < -0.3 is 9.84 Å². The van der Waals surface area contributed by atoms with Crippen LogP contribution in [-0.2, 0) is 16.0 Å². The molecule has 1 saturated carbocycles. The molecule has 160 valence electrons. The van der Waals surface area contributed by atoms with Gasteiger partial charge in [0.05, 0.1) is 31.0 Å². The molecule has 7 nitrogen and oxygen atoms in total. The van der Waals surface area contributed by atoms with Gasteiger partial charge in [0, 0.05) is 0 Å². The highest BCUT2D eigenvalue weighted by Gasteiger charge is 2.38. The summed E-state index contributed by atoms with van der Waals surface area (Å²) in [5, 5.41) is 13.5. The lowest BCUT2D eigenvalue weighted by molar-refractivity contribution is -0.137. The second kappa shape index (κ2) is 8.71. The van der Waals surface area contributed by atoms with E-state index in [1.165, 1.54) is 25.0 Å². The molecule has 1 fully saturated rings. The summed E-state index contributed by atoms with van der Waals surface area (Å²) >= 11 is 0. The van der Waals surface area contributed by atoms with Crippen molar-refractivity contribution in [2.45, 2.75) is 44.1 Å². The average Bonchev–Trinajstić information content (AvgIpc) is 3.21. The van der Waals surface area contributed by atoms with Crippen LogP contribution in [0, 0.1) is 0 Å². The third-order valence-corrected chi connectivity index (χ3v) is 5.92. The molecule has 1 heterocycles. The number of ketones is 1. The topological polar surface area (TPSA) is 100 Å². The Morgan fingerprint density at radius 1 is 1.23 bits per heavy atom. The number of rotatable bonds is 6. The maximum atomic E-state index is 12.6. The highest BCUT2D eigenvalue weighted by Crippen LogP contribution is 2.40. The molecule has 1 aliphatic carbocycles. The van der Waals surface area contributed by atoms with Crippen LogP contribution in [0.25, 0.3) is 0 Å². The molecule has 2 aliphatic rings. The molecule has 0 radical (unpaired) electrons. The summed E-state index contributed by atoms with van der Waals surface area (Å²) in [5.41, 5.74) is 5.61. The van der Waals surface area contributed by atoms with Gasteiger partial charge in [0.1, 0.15) is 0 Å². The Kier molecular flexibility index (Phi) is 5.84. The number of carbonyl (C=O) groups is 2. The molecular weight excluding hydrogens is 394 g/mol. The summed E-state index contributed by atoms with van der Waals surface area (Å²) in [6, 6.07) is 12.6. The number of hydrogen-bond donors (Lipinski definition) is 2. The summed E-state index contributed by atoms with van der Waals surface area (Å²) in [5.74, 6) is -1.06. The molecule has 0 saturated heterocycles. The number of aromatic hydroxyl groups is 1. The second-order valence-corrected chi connectivity index (χ2v) is 8.05. The summed E-state index contributed by atoms with van der Waals surface area (Å²) in [4.78, 5) is 29.9. The van der Waals surface area contributed by atoms with Gasteiger partial charge in [-0.15, -0.1) is 0 Å². The van der Waals surface area contributed by atoms with Gasteiger partial charge in [0.15, 0.2) is 11.5 Å². The molecule has 7 heteroatoms. The molecule has 0 bridgehead atoms. The molecule has 1 spiro atoms. The Labute approximate surface area is 180 Å². The zero-order valence-corrected chi connectivity index (χ0v) is 17.4. The van der Waals surface area contributed by atoms with E-state index in [4.69, 9.17) is 9.73 Å². The van der Waals surface area contributed by atoms with Crippen LogP contribution in [0.15, 0.2) is 52.6 Å². The van der Waals surface area contributed by atoms with Gasteiger partial charge in [0.25, 0.3) is 0 Å². The van der Waals surface area contributed by atoms with Crippen molar-refractivity contribution in [3.8, 4) is 11.5 Å². The van der Waals surface area contributed by atoms with Crippen LogP contribution in [0.2, 0.25) is 0 Å². The Morgan fingerprint density at radius 3 is 2.77 bits per heavy atom. The maximum Gasteiger partial charge on any atom is 0.307 e. The smallest absolute Gasteiger partial charge is 0.307 e. The zero-order valence-electron chi connectivity index (χ0n) is 17.4. The highest BCUT2D eigenvalue weighted by atomic mass is 16.5. The normalized spacial score (nSPS) is 16.7. The minimum absolute atomic E-state index is 0.00688. The molecule has 31 heavy (non-hydrogen) atoms. The van der Waals surface area contributed by atoms with Crippen molar-refractivity contribution in [1.82, 2.24) is 5.43 Å². The number of fused-ring (bicyclic) bond motifs is 1. The number of carbonyl (C=O) groups excluding carboxylic acids is 2. The van der Waals surface area contributed by atoms with Crippen molar-refractivity contribution in [1.29, 1.82) is 0 Å². The Hall–Kier alpha value is -3.48. The predicted molar refractivity (Wildman–Crippen MR) is 118 cm³/mol. The monoisotopic (exact) mass is 419 g/mol. The minimum Gasteiger partial charge on any atom is -0.504 e. The van der Waals surface area contributed by atoms with Crippen LogP contribution in [0.5, 0.6) is 11.5 Å². The molecule has 0 unspecified atom stereocenters. The number of benzene rings is 2. The molecule has 2 N–H and O–H groups in total. The highest BCUT2D eigenvalue weighted by molar-refractivity contribution is 6.40. The van der Waals surface area contributed by atoms with Gasteiger partial charge in [-0.05, 0) is 54.2 Å². The minimum atomic E-state index is -0.784. The van der Waals surface area contributed by atoms with E-state index < -0.39 is 11.7 Å². The number of hydrazone groups is 1. The van der Waals surface area contributed by atoms with Crippen molar-refractivity contribution < 1.29 is 19.4 Å². The lowest BCUT2D eigenvalue weighted by Gasteiger charge is -2.32. The maximum absolute atomic E-state index is 12.6. The largest absolute Gasteiger partial charge is 0.504 e. The summed E-state index contributed by atoms with van der Waals surface area (Å²) in [7, 11) is 1.44. The van der Waals surface area contributed by atoms with Gasteiger partial charge in [-0.3, -0.25) is 14.6 Å². The molecule has 2 aromatic rings. The number of nitrogens with zero attached hydrogens (tertiary/aromatic N) is 2. The van der Waals surface area contributed by atoms with Crippen molar-refractivity contribution in [3.05, 3.63) is 59.2 Å². The fourth-order valence-corrected chi connectivity index (χ4v) is 4.39. The third kappa shape index (κ3) is 4.50. The number of aliphatic imine (C=N–C) groups is 1. The van der Waals surface area contributed by atoms with E-state index in [1.54, 1.807) is 12.1 Å². The van der Waals surface area contributed by atoms with Crippen molar-refractivity contribution in [2.24, 2.45) is 10.1 Å². The molecule has 1 aliphatic heterocycles. The average molecular weight is 419 g/mol. The van der Waals surface area contributed by atoms with E-state index in [-0.39, 0.29) is 17.7 Å². The Balaban J connectivity index is 1.44. The van der Waals surface area contributed by atoms with Gasteiger partial charge >= 0.3 is 5.91 Å². The summed E-state index contributed by atoms with van der Waals surface area (Å²) in [6.45, 7) is 0. The third-order valence-electron chi connectivity index (χ3n) is 5.92. The van der Waals surface area contributed by atoms with E-state index in [0.717, 1.165) is 37.7 Å². The van der Waals surface area contributed by atoms with Gasteiger partial charge in [0.2, 0.25) is 5.78 Å². The number of hydrogen-bond acceptors (Lipinski definition) is 6. The molecule has 2 aromatic carbocycles. The number of ether oxygens (including phenoxy) is 1. The van der Waals surface area contributed by atoms with E-state index in [9.17, 15) is 14.7 Å². The molecule has 0 atom stereocenters. The first kappa shape index (κ1) is 20.8. The number of Topliss-reactive ketones (excluding diaryl/α,β-unsaturated/α-hetero) is 1. The Bertz CT molecular complexity index is 1070. The molecule has 4 rings (SSSR count). The van der Waals surface area contributed by atoms with Crippen molar-refractivity contribution in [2.75, 3.05) is 7.11 Å². The van der Waals surface area contributed by atoms with Gasteiger partial charge in [-0.25, -0.2) is 5.43 Å².